The molecule has 0 aliphatic heterocycles. The molecule has 13 aromatic rings. The van der Waals surface area contributed by atoms with Crippen LogP contribution in [0.3, 0.4) is 0 Å². The first-order valence-corrected chi connectivity index (χ1v) is 22.7. The molecule has 0 saturated heterocycles. The minimum atomic E-state index is 0.875. The highest BCUT2D eigenvalue weighted by molar-refractivity contribution is 6.22. The molecule has 0 aliphatic carbocycles. The van der Waals surface area contributed by atoms with Gasteiger partial charge in [0.05, 0.1) is 0 Å². The third-order valence-electron chi connectivity index (χ3n) is 13.4. The Labute approximate surface area is 382 Å². The second-order valence-corrected chi connectivity index (χ2v) is 17.2. The van der Waals surface area contributed by atoms with Crippen LogP contribution in [0.15, 0.2) is 253 Å². The zero-order chi connectivity index (χ0) is 43.6. The summed E-state index contributed by atoms with van der Waals surface area (Å²) in [6, 6.07) is 90.3. The van der Waals surface area contributed by atoms with E-state index in [9.17, 15) is 0 Å². The number of fused-ring (bicyclic) bond motifs is 9. The maximum atomic E-state index is 6.59. The Morgan fingerprint density at radius 3 is 1.56 bits per heavy atom. The Morgan fingerprint density at radius 1 is 0.242 bits per heavy atom. The van der Waals surface area contributed by atoms with Gasteiger partial charge in [-0.15, -0.1) is 0 Å². The zero-order valence-corrected chi connectivity index (χ0v) is 36.0. The Bertz CT molecular complexity index is 3980. The highest BCUT2D eigenvalue weighted by Gasteiger charge is 2.20. The van der Waals surface area contributed by atoms with Gasteiger partial charge in [0.2, 0.25) is 0 Å². The van der Waals surface area contributed by atoms with E-state index in [1.54, 1.807) is 0 Å². The first-order valence-electron chi connectivity index (χ1n) is 22.7. The summed E-state index contributed by atoms with van der Waals surface area (Å²) in [5.74, 6) is 0. The largest absolute Gasteiger partial charge is 0.455 e. The van der Waals surface area contributed by atoms with Gasteiger partial charge in [0, 0.05) is 33.2 Å². The number of furan rings is 1. The molecule has 1 aromatic heterocycles. The maximum Gasteiger partial charge on any atom is 0.143 e. The quantitative estimate of drug-likeness (QED) is 0.149. The molecule has 0 saturated carbocycles. The summed E-state index contributed by atoms with van der Waals surface area (Å²) in [5, 5.41) is 12.0. The second kappa shape index (κ2) is 15.5. The fraction of sp³-hybridized carbons (Fsp3) is 0. The highest BCUT2D eigenvalue weighted by atomic mass is 16.3. The van der Waals surface area contributed by atoms with E-state index in [-0.39, 0.29) is 0 Å². The monoisotopic (exact) mass is 839 g/mol. The van der Waals surface area contributed by atoms with Gasteiger partial charge in [0.1, 0.15) is 11.2 Å². The lowest BCUT2D eigenvalue weighted by molar-refractivity contribution is 0.672. The van der Waals surface area contributed by atoms with Crippen molar-refractivity contribution >= 4 is 82.1 Å². The van der Waals surface area contributed by atoms with Crippen LogP contribution >= 0.6 is 0 Å². The smallest absolute Gasteiger partial charge is 0.143 e. The Balaban J connectivity index is 0.972. The van der Waals surface area contributed by atoms with Gasteiger partial charge in [-0.05, 0) is 143 Å². The first kappa shape index (κ1) is 37.8. The zero-order valence-electron chi connectivity index (χ0n) is 36.0. The number of hydrogen-bond donors (Lipinski definition) is 0. The average molecular weight is 840 g/mol. The lowest BCUT2D eigenvalue weighted by Crippen LogP contribution is -2.10. The van der Waals surface area contributed by atoms with Crippen molar-refractivity contribution in [2.45, 2.75) is 0 Å². The van der Waals surface area contributed by atoms with Crippen molar-refractivity contribution in [2.75, 3.05) is 4.90 Å². The lowest BCUT2D eigenvalue weighted by atomic mass is 9.84. The van der Waals surface area contributed by atoms with Crippen LogP contribution in [0, 0.1) is 0 Å². The minimum Gasteiger partial charge on any atom is -0.455 e. The SMILES string of the molecule is c1ccc(-c2c(-c3ccccc3)c3cc(-c4ccc(N(c5cccc(-c6ccc7ccccc7c6)c5)c5ccc6oc7c8ccccc8ccc7c6c5)cc4)ccc3c3ccccc23)cc1. The molecule has 0 fully saturated rings. The first-order chi connectivity index (χ1) is 32.7. The summed E-state index contributed by atoms with van der Waals surface area (Å²) < 4.78 is 6.59. The van der Waals surface area contributed by atoms with E-state index in [1.807, 2.05) is 0 Å². The number of benzene rings is 12. The van der Waals surface area contributed by atoms with E-state index >= 15 is 0 Å². The number of rotatable bonds is 7. The van der Waals surface area contributed by atoms with E-state index in [0.717, 1.165) is 55.5 Å². The van der Waals surface area contributed by atoms with Crippen molar-refractivity contribution in [2.24, 2.45) is 0 Å². The van der Waals surface area contributed by atoms with E-state index in [4.69, 9.17) is 4.42 Å². The second-order valence-electron chi connectivity index (χ2n) is 17.2. The molecule has 2 nitrogen and oxygen atoms in total. The Morgan fingerprint density at radius 2 is 0.773 bits per heavy atom. The third-order valence-corrected chi connectivity index (χ3v) is 13.4. The maximum absolute atomic E-state index is 6.59. The summed E-state index contributed by atoms with van der Waals surface area (Å²) >= 11 is 0. The van der Waals surface area contributed by atoms with Crippen molar-refractivity contribution < 1.29 is 4.42 Å². The van der Waals surface area contributed by atoms with Crippen molar-refractivity contribution in [3.8, 4) is 44.5 Å². The predicted molar refractivity (Wildman–Crippen MR) is 280 cm³/mol. The topological polar surface area (TPSA) is 16.4 Å². The van der Waals surface area contributed by atoms with Gasteiger partial charge in [-0.2, -0.15) is 0 Å². The summed E-state index contributed by atoms with van der Waals surface area (Å²) in [4.78, 5) is 2.37. The van der Waals surface area contributed by atoms with Crippen LogP contribution in [-0.2, 0) is 0 Å². The van der Waals surface area contributed by atoms with Crippen molar-refractivity contribution in [3.63, 3.8) is 0 Å². The summed E-state index contributed by atoms with van der Waals surface area (Å²) in [7, 11) is 0. The molecule has 0 N–H and O–H groups in total. The standard InChI is InChI=1S/C64H41NO/c1-3-16-45(17-4-1)62-57-25-12-11-24-55(57)56-35-31-50(40-60(56)63(62)46-18-5-2-6-19-46)43-28-32-51(33-29-43)65(52-22-13-21-48(39-52)49-27-26-42-14-7-8-20-47(42)38-49)53-34-37-61-59(41-53)58-36-30-44-15-9-10-23-54(44)64(58)66-61/h1-41H. The van der Waals surface area contributed by atoms with Gasteiger partial charge in [0.15, 0.2) is 0 Å². The molecule has 2 heteroatoms. The van der Waals surface area contributed by atoms with Crippen LogP contribution in [0.5, 0.6) is 0 Å². The molecule has 308 valence electrons. The van der Waals surface area contributed by atoms with E-state index in [2.05, 4.69) is 254 Å². The van der Waals surface area contributed by atoms with Gasteiger partial charge in [-0.1, -0.05) is 188 Å². The van der Waals surface area contributed by atoms with Gasteiger partial charge < -0.3 is 9.32 Å². The average Bonchev–Trinajstić information content (AvgIpc) is 3.77. The third kappa shape index (κ3) is 6.34. The molecule has 13 rings (SSSR count). The van der Waals surface area contributed by atoms with E-state index in [1.165, 1.54) is 71.1 Å². The molecule has 66 heavy (non-hydrogen) atoms. The van der Waals surface area contributed by atoms with Crippen LogP contribution in [0.25, 0.3) is 110 Å². The van der Waals surface area contributed by atoms with Crippen LogP contribution < -0.4 is 4.90 Å². The van der Waals surface area contributed by atoms with Gasteiger partial charge in [-0.3, -0.25) is 0 Å². The molecule has 0 unspecified atom stereocenters. The molecule has 0 aliphatic rings. The molecule has 1 heterocycles. The fourth-order valence-corrected chi connectivity index (χ4v) is 10.3. The minimum absolute atomic E-state index is 0.875. The van der Waals surface area contributed by atoms with E-state index < -0.39 is 0 Å². The van der Waals surface area contributed by atoms with Crippen molar-refractivity contribution in [1.29, 1.82) is 0 Å². The number of hydrogen-bond acceptors (Lipinski definition) is 2. The molecule has 0 amide bonds. The fourth-order valence-electron chi connectivity index (χ4n) is 10.3. The molecular weight excluding hydrogens is 799 g/mol. The van der Waals surface area contributed by atoms with E-state index in [0.29, 0.717) is 0 Å². The molecule has 0 radical (unpaired) electrons. The van der Waals surface area contributed by atoms with Crippen LogP contribution in [0.4, 0.5) is 17.1 Å². The number of anilines is 3. The number of nitrogens with zero attached hydrogens (tertiary/aromatic N) is 1. The normalized spacial score (nSPS) is 11.6. The highest BCUT2D eigenvalue weighted by Crippen LogP contribution is 2.46. The van der Waals surface area contributed by atoms with Crippen LogP contribution in [0.2, 0.25) is 0 Å². The van der Waals surface area contributed by atoms with Crippen LogP contribution in [0.1, 0.15) is 0 Å². The Kier molecular flexibility index (Phi) is 8.89. The van der Waals surface area contributed by atoms with Crippen molar-refractivity contribution in [1.82, 2.24) is 0 Å². The molecule has 0 atom stereocenters. The molecular formula is C64H41NO. The Hall–Kier alpha value is -8.72. The summed E-state index contributed by atoms with van der Waals surface area (Å²) in [6.45, 7) is 0. The predicted octanol–water partition coefficient (Wildman–Crippen LogP) is 18.3. The summed E-state index contributed by atoms with van der Waals surface area (Å²) in [6.07, 6.45) is 0. The van der Waals surface area contributed by atoms with Gasteiger partial charge in [-0.25, -0.2) is 0 Å². The van der Waals surface area contributed by atoms with Gasteiger partial charge >= 0.3 is 0 Å². The lowest BCUT2D eigenvalue weighted by Gasteiger charge is -2.26. The molecule has 0 spiro atoms. The molecule has 12 aromatic carbocycles. The van der Waals surface area contributed by atoms with Crippen molar-refractivity contribution in [3.05, 3.63) is 249 Å². The molecule has 0 bridgehead atoms. The van der Waals surface area contributed by atoms with Crippen LogP contribution in [-0.4, -0.2) is 0 Å². The summed E-state index contributed by atoms with van der Waals surface area (Å²) in [5.41, 5.74) is 14.6. The van der Waals surface area contributed by atoms with Gasteiger partial charge in [0.25, 0.3) is 0 Å².